The summed E-state index contributed by atoms with van der Waals surface area (Å²) < 4.78 is 0. The van der Waals surface area contributed by atoms with Gasteiger partial charge < -0.3 is 5.32 Å². The Morgan fingerprint density at radius 1 is 0.793 bits per heavy atom. The number of piperidine rings is 1. The molecule has 1 N–H and O–H groups in total. The van der Waals surface area contributed by atoms with E-state index in [4.69, 9.17) is 0 Å². The molecule has 4 nitrogen and oxygen atoms in total. The fourth-order valence-electron chi connectivity index (χ4n) is 4.56. The summed E-state index contributed by atoms with van der Waals surface area (Å²) in [5.41, 5.74) is 5.44. The smallest absolute Gasteiger partial charge is 0.307 e. The van der Waals surface area contributed by atoms with Gasteiger partial charge in [-0.15, -0.1) is 0 Å². The van der Waals surface area contributed by atoms with Gasteiger partial charge in [-0.25, -0.2) is 4.79 Å². The van der Waals surface area contributed by atoms with Gasteiger partial charge in [-0.1, -0.05) is 66.7 Å². The van der Waals surface area contributed by atoms with Crippen LogP contribution in [-0.2, 0) is 6.54 Å². The van der Waals surface area contributed by atoms with E-state index in [-0.39, 0.29) is 12.1 Å². The molecular weight excluding hydrogens is 358 g/mol. The average Bonchev–Trinajstić information content (AvgIpc) is 2.89. The second-order valence-electron chi connectivity index (χ2n) is 7.86. The van der Waals surface area contributed by atoms with Gasteiger partial charge in [-0.05, 0) is 30.5 Å². The summed E-state index contributed by atoms with van der Waals surface area (Å²) in [4.78, 5) is 17.7. The van der Waals surface area contributed by atoms with E-state index in [0.717, 1.165) is 55.0 Å². The number of hydrogen-bond acceptors (Lipinski definition) is 2. The molecule has 0 spiro atoms. The van der Waals surface area contributed by atoms with Crippen LogP contribution in [0.2, 0.25) is 0 Å². The number of likely N-dealkylation sites (tertiary alicyclic amines) is 1. The van der Waals surface area contributed by atoms with E-state index in [2.05, 4.69) is 58.7 Å². The van der Waals surface area contributed by atoms with E-state index in [0.29, 0.717) is 0 Å². The van der Waals surface area contributed by atoms with Gasteiger partial charge in [0.05, 0.1) is 11.4 Å². The second-order valence-corrected chi connectivity index (χ2v) is 7.86. The zero-order chi connectivity index (χ0) is 19.6. The minimum atomic E-state index is -0.0242. The number of nitrogens with zero attached hydrogens (tertiary/aromatic N) is 2. The van der Waals surface area contributed by atoms with E-state index in [1.807, 2.05) is 35.2 Å². The van der Waals surface area contributed by atoms with Crippen LogP contribution >= 0.6 is 0 Å². The molecule has 2 aliphatic heterocycles. The normalized spacial score (nSPS) is 17.2. The molecule has 1 saturated heterocycles. The Hall–Kier alpha value is -3.11. The molecule has 2 amide bonds. The number of carbonyl (C=O) groups excluding carboxylic acids is 1. The molecule has 3 aromatic rings. The molecule has 0 radical (unpaired) electrons. The zero-order valence-corrected chi connectivity index (χ0v) is 16.4. The van der Waals surface area contributed by atoms with Crippen molar-refractivity contribution in [3.63, 3.8) is 0 Å². The van der Waals surface area contributed by atoms with Crippen LogP contribution < -0.4 is 10.2 Å². The van der Waals surface area contributed by atoms with Crippen molar-refractivity contribution >= 4 is 17.4 Å². The largest absolute Gasteiger partial charge is 0.326 e. The van der Waals surface area contributed by atoms with Gasteiger partial charge in [0.2, 0.25) is 0 Å². The van der Waals surface area contributed by atoms with Crippen LogP contribution in [0.5, 0.6) is 0 Å². The van der Waals surface area contributed by atoms with Crippen molar-refractivity contribution in [2.75, 3.05) is 23.3 Å². The maximum Gasteiger partial charge on any atom is 0.326 e. The predicted molar refractivity (Wildman–Crippen MR) is 118 cm³/mol. The lowest BCUT2D eigenvalue weighted by Crippen LogP contribution is -2.48. The Morgan fingerprint density at radius 2 is 1.45 bits per heavy atom. The van der Waals surface area contributed by atoms with Crippen molar-refractivity contribution in [3.8, 4) is 11.1 Å². The highest BCUT2D eigenvalue weighted by Crippen LogP contribution is 2.40. The van der Waals surface area contributed by atoms with Gasteiger partial charge in [0.15, 0.2) is 0 Å². The summed E-state index contributed by atoms with van der Waals surface area (Å²) in [5.74, 6) is 0. The maximum absolute atomic E-state index is 13.2. The highest BCUT2D eigenvalue weighted by Gasteiger charge is 2.33. The lowest BCUT2D eigenvalue weighted by atomic mass is 9.98. The summed E-state index contributed by atoms with van der Waals surface area (Å²) in [5, 5.41) is 3.14. The quantitative estimate of drug-likeness (QED) is 0.660. The monoisotopic (exact) mass is 383 g/mol. The number of nitrogens with one attached hydrogen (secondary N) is 1. The molecule has 2 heterocycles. The molecule has 0 aromatic heterocycles. The molecule has 4 heteroatoms. The molecule has 0 unspecified atom stereocenters. The first-order valence-corrected chi connectivity index (χ1v) is 10.3. The fourth-order valence-corrected chi connectivity index (χ4v) is 4.56. The molecule has 0 saturated carbocycles. The number of rotatable bonds is 3. The van der Waals surface area contributed by atoms with Crippen molar-refractivity contribution in [2.24, 2.45) is 0 Å². The van der Waals surface area contributed by atoms with Crippen LogP contribution in [0.3, 0.4) is 0 Å². The first-order chi connectivity index (χ1) is 14.3. The van der Waals surface area contributed by atoms with Gasteiger partial charge in [0, 0.05) is 36.8 Å². The van der Waals surface area contributed by atoms with Gasteiger partial charge >= 0.3 is 6.03 Å². The number of urea groups is 1. The second kappa shape index (κ2) is 7.72. The predicted octanol–water partition coefficient (Wildman–Crippen LogP) is 5.37. The van der Waals surface area contributed by atoms with E-state index in [9.17, 15) is 4.79 Å². The molecule has 3 aromatic carbocycles. The summed E-state index contributed by atoms with van der Waals surface area (Å²) in [6.07, 6.45) is 1.95. The van der Waals surface area contributed by atoms with Crippen LogP contribution in [-0.4, -0.2) is 30.1 Å². The average molecular weight is 383 g/mol. The first-order valence-electron chi connectivity index (χ1n) is 10.3. The third kappa shape index (κ3) is 3.52. The number of anilines is 2. The van der Waals surface area contributed by atoms with Crippen LogP contribution in [0.15, 0.2) is 78.9 Å². The Balaban J connectivity index is 1.38. The molecule has 1 fully saturated rings. The minimum absolute atomic E-state index is 0.0242. The lowest BCUT2D eigenvalue weighted by molar-refractivity contribution is 0.200. The number of carbonyl (C=O) groups is 1. The van der Waals surface area contributed by atoms with E-state index >= 15 is 0 Å². The summed E-state index contributed by atoms with van der Waals surface area (Å²) >= 11 is 0. The molecule has 0 atom stereocenters. The van der Waals surface area contributed by atoms with Crippen LogP contribution in [0, 0.1) is 0 Å². The Labute approximate surface area is 171 Å². The molecule has 29 heavy (non-hydrogen) atoms. The number of fused-ring (bicyclic) bond motifs is 3. The third-order valence-corrected chi connectivity index (χ3v) is 6.01. The molecule has 2 aliphatic rings. The maximum atomic E-state index is 13.2. The van der Waals surface area contributed by atoms with Crippen molar-refractivity contribution in [3.05, 3.63) is 84.4 Å². The summed E-state index contributed by atoms with van der Waals surface area (Å²) in [6.45, 7) is 2.97. The highest BCUT2D eigenvalue weighted by atomic mass is 16.2. The minimum Gasteiger partial charge on any atom is -0.307 e. The SMILES string of the molecule is O=C1Nc2ccccc2-c2ccccc2N1C1CCN(Cc2ccccc2)CC1. The number of amides is 2. The van der Waals surface area contributed by atoms with E-state index in [1.165, 1.54) is 5.56 Å². The summed E-state index contributed by atoms with van der Waals surface area (Å²) in [6, 6.07) is 27.1. The number of benzene rings is 3. The van der Waals surface area contributed by atoms with Gasteiger partial charge in [-0.2, -0.15) is 0 Å². The van der Waals surface area contributed by atoms with Gasteiger partial charge in [0.25, 0.3) is 0 Å². The molecular formula is C25H25N3O. The van der Waals surface area contributed by atoms with Crippen LogP contribution in [0.1, 0.15) is 18.4 Å². The number of para-hydroxylation sites is 2. The van der Waals surface area contributed by atoms with Crippen LogP contribution in [0.25, 0.3) is 11.1 Å². The molecule has 5 rings (SSSR count). The Bertz CT molecular complexity index is 1010. The standard InChI is InChI=1S/C25H25N3O/c29-25-26-23-12-6-4-10-21(23)22-11-5-7-13-24(22)28(25)20-14-16-27(17-15-20)18-19-8-2-1-3-9-19/h1-13,20H,14-18H2,(H,26,29). The third-order valence-electron chi connectivity index (χ3n) is 6.01. The van der Waals surface area contributed by atoms with Crippen molar-refractivity contribution in [2.45, 2.75) is 25.4 Å². The lowest BCUT2D eigenvalue weighted by Gasteiger charge is -2.38. The Morgan fingerprint density at radius 3 is 2.24 bits per heavy atom. The van der Waals surface area contributed by atoms with Gasteiger partial charge in [0.1, 0.15) is 0 Å². The zero-order valence-electron chi connectivity index (χ0n) is 16.4. The molecule has 0 aliphatic carbocycles. The molecule has 146 valence electrons. The summed E-state index contributed by atoms with van der Waals surface area (Å²) in [7, 11) is 0. The highest BCUT2D eigenvalue weighted by molar-refractivity contribution is 6.10. The van der Waals surface area contributed by atoms with Crippen LogP contribution in [0.4, 0.5) is 16.2 Å². The van der Waals surface area contributed by atoms with Crippen molar-refractivity contribution in [1.29, 1.82) is 0 Å². The topological polar surface area (TPSA) is 35.6 Å². The molecule has 0 bridgehead atoms. The van der Waals surface area contributed by atoms with Gasteiger partial charge in [-0.3, -0.25) is 9.80 Å². The van der Waals surface area contributed by atoms with Crippen molar-refractivity contribution < 1.29 is 4.79 Å². The van der Waals surface area contributed by atoms with E-state index < -0.39 is 0 Å². The number of hydrogen-bond donors (Lipinski definition) is 1. The van der Waals surface area contributed by atoms with Crippen molar-refractivity contribution in [1.82, 2.24) is 4.90 Å². The van der Waals surface area contributed by atoms with E-state index in [1.54, 1.807) is 0 Å². The fraction of sp³-hybridized carbons (Fsp3) is 0.240. The first kappa shape index (κ1) is 18.0. The Kier molecular flexibility index (Phi) is 4.78.